The Morgan fingerprint density at radius 1 is 1.50 bits per heavy atom. The van der Waals surface area contributed by atoms with Crippen molar-refractivity contribution >= 4 is 5.97 Å². The topological polar surface area (TPSA) is 57.0 Å². The quantitative estimate of drug-likeness (QED) is 0.767. The molecule has 0 aliphatic heterocycles. The summed E-state index contributed by atoms with van der Waals surface area (Å²) in [6, 6.07) is 0. The van der Waals surface area contributed by atoms with E-state index in [1.807, 2.05) is 14.0 Å². The van der Waals surface area contributed by atoms with Crippen molar-refractivity contribution in [3.63, 3.8) is 0 Å². The van der Waals surface area contributed by atoms with E-state index in [0.29, 0.717) is 6.61 Å². The molecule has 0 amide bonds. The Balaban J connectivity index is 2.35. The predicted molar refractivity (Wildman–Crippen MR) is 67.3 cm³/mol. The summed E-state index contributed by atoms with van der Waals surface area (Å²) in [4.78, 5) is 16.7. The van der Waals surface area contributed by atoms with Gasteiger partial charge >= 0.3 is 5.97 Å². The summed E-state index contributed by atoms with van der Waals surface area (Å²) in [5.41, 5.74) is -0.551. The lowest BCUT2D eigenvalue weighted by Gasteiger charge is -2.37. The molecule has 1 aromatic heterocycles. The fourth-order valence-electron chi connectivity index (χ4n) is 2.38. The van der Waals surface area contributed by atoms with Crippen LogP contribution in [0.5, 0.6) is 0 Å². The highest BCUT2D eigenvalue weighted by Gasteiger charge is 2.50. The number of esters is 1. The van der Waals surface area contributed by atoms with Crippen molar-refractivity contribution in [2.45, 2.75) is 51.4 Å². The molecule has 1 saturated carbocycles. The van der Waals surface area contributed by atoms with Gasteiger partial charge in [-0.05, 0) is 19.8 Å². The van der Waals surface area contributed by atoms with E-state index in [9.17, 15) is 4.79 Å². The van der Waals surface area contributed by atoms with Crippen LogP contribution in [-0.2, 0) is 22.0 Å². The van der Waals surface area contributed by atoms with Crippen molar-refractivity contribution in [1.29, 1.82) is 0 Å². The zero-order valence-electron chi connectivity index (χ0n) is 11.6. The number of hydrogen-bond donors (Lipinski definition) is 0. The Morgan fingerprint density at radius 3 is 2.56 bits per heavy atom. The number of ether oxygens (including phenoxy) is 1. The lowest BCUT2D eigenvalue weighted by molar-refractivity contribution is -0.154. The molecule has 0 spiro atoms. The molecule has 18 heavy (non-hydrogen) atoms. The summed E-state index contributed by atoms with van der Waals surface area (Å²) < 4.78 is 6.95. The van der Waals surface area contributed by atoms with Crippen LogP contribution in [0.15, 0.2) is 0 Å². The van der Waals surface area contributed by atoms with E-state index < -0.39 is 5.41 Å². The molecule has 0 aromatic carbocycles. The lowest BCUT2D eigenvalue weighted by atomic mass is 9.68. The summed E-state index contributed by atoms with van der Waals surface area (Å²) in [6.07, 6.45) is 2.68. The lowest BCUT2D eigenvalue weighted by Crippen LogP contribution is -2.45. The minimum absolute atomic E-state index is 0.151. The molecule has 1 aromatic rings. The van der Waals surface area contributed by atoms with Gasteiger partial charge in [-0.15, -0.1) is 0 Å². The Kier molecular flexibility index (Phi) is 3.41. The second-order valence-electron chi connectivity index (χ2n) is 5.23. The van der Waals surface area contributed by atoms with Gasteiger partial charge < -0.3 is 4.74 Å². The molecule has 0 bridgehead atoms. The molecule has 1 heterocycles. The maximum atomic E-state index is 12.2. The van der Waals surface area contributed by atoms with Gasteiger partial charge in [0.2, 0.25) is 0 Å². The molecule has 1 aliphatic rings. The SMILES string of the molecule is CCOC(=O)C1(c2nc(C(C)C)nn2C)CCC1. The Hall–Kier alpha value is -1.39. The molecular formula is C13H21N3O2. The van der Waals surface area contributed by atoms with Crippen LogP contribution in [0.4, 0.5) is 0 Å². The second-order valence-corrected chi connectivity index (χ2v) is 5.23. The predicted octanol–water partition coefficient (Wildman–Crippen LogP) is 1.92. The van der Waals surface area contributed by atoms with Crippen LogP contribution < -0.4 is 0 Å². The Labute approximate surface area is 108 Å². The molecule has 1 fully saturated rings. The molecule has 0 unspecified atom stereocenters. The van der Waals surface area contributed by atoms with Crippen molar-refractivity contribution in [2.24, 2.45) is 7.05 Å². The largest absolute Gasteiger partial charge is 0.465 e. The van der Waals surface area contributed by atoms with Gasteiger partial charge in [0.15, 0.2) is 5.82 Å². The third-order valence-corrected chi connectivity index (χ3v) is 3.60. The highest BCUT2D eigenvalue weighted by Crippen LogP contribution is 2.44. The first kappa shape index (κ1) is 13.1. The highest BCUT2D eigenvalue weighted by atomic mass is 16.5. The average molecular weight is 251 g/mol. The number of carbonyl (C=O) groups is 1. The van der Waals surface area contributed by atoms with Crippen LogP contribution >= 0.6 is 0 Å². The van der Waals surface area contributed by atoms with Crippen LogP contribution in [0, 0.1) is 0 Å². The smallest absolute Gasteiger partial charge is 0.319 e. The molecule has 100 valence electrons. The Morgan fingerprint density at radius 2 is 2.17 bits per heavy atom. The van der Waals surface area contributed by atoms with Crippen LogP contribution in [0.1, 0.15) is 57.6 Å². The average Bonchev–Trinajstić information content (AvgIpc) is 2.60. The molecule has 0 saturated heterocycles. The zero-order valence-corrected chi connectivity index (χ0v) is 11.6. The third kappa shape index (κ3) is 1.91. The van der Waals surface area contributed by atoms with Crippen molar-refractivity contribution < 1.29 is 9.53 Å². The number of aromatic nitrogens is 3. The van der Waals surface area contributed by atoms with Crippen LogP contribution in [0.3, 0.4) is 0 Å². The van der Waals surface area contributed by atoms with Gasteiger partial charge in [0.05, 0.1) is 6.61 Å². The van der Waals surface area contributed by atoms with Gasteiger partial charge in [-0.25, -0.2) is 4.98 Å². The first-order valence-corrected chi connectivity index (χ1v) is 6.60. The van der Waals surface area contributed by atoms with Crippen molar-refractivity contribution in [1.82, 2.24) is 14.8 Å². The van der Waals surface area contributed by atoms with Gasteiger partial charge in [0.25, 0.3) is 0 Å². The van der Waals surface area contributed by atoms with Crippen molar-refractivity contribution in [2.75, 3.05) is 6.61 Å². The van der Waals surface area contributed by atoms with Crippen LogP contribution in [0.2, 0.25) is 0 Å². The summed E-state index contributed by atoms with van der Waals surface area (Å²) in [7, 11) is 1.85. The molecule has 5 heteroatoms. The van der Waals surface area contributed by atoms with Crippen LogP contribution in [-0.4, -0.2) is 27.3 Å². The second kappa shape index (κ2) is 4.71. The maximum Gasteiger partial charge on any atom is 0.319 e. The molecule has 0 atom stereocenters. The van der Waals surface area contributed by atoms with Gasteiger partial charge in [-0.1, -0.05) is 20.3 Å². The number of aryl methyl sites for hydroxylation is 1. The minimum atomic E-state index is -0.551. The number of hydrogen-bond acceptors (Lipinski definition) is 4. The van der Waals surface area contributed by atoms with E-state index >= 15 is 0 Å². The Bertz CT molecular complexity index is 447. The maximum absolute atomic E-state index is 12.2. The number of nitrogens with zero attached hydrogens (tertiary/aromatic N) is 3. The van der Waals surface area contributed by atoms with Gasteiger partial charge in [-0.3, -0.25) is 9.48 Å². The molecule has 0 N–H and O–H groups in total. The first-order valence-electron chi connectivity index (χ1n) is 6.60. The van der Waals surface area contributed by atoms with E-state index in [4.69, 9.17) is 4.74 Å². The van der Waals surface area contributed by atoms with E-state index in [2.05, 4.69) is 23.9 Å². The molecule has 5 nitrogen and oxygen atoms in total. The monoisotopic (exact) mass is 251 g/mol. The van der Waals surface area contributed by atoms with E-state index in [1.165, 1.54) is 0 Å². The van der Waals surface area contributed by atoms with Crippen molar-refractivity contribution in [3.05, 3.63) is 11.6 Å². The third-order valence-electron chi connectivity index (χ3n) is 3.60. The summed E-state index contributed by atoms with van der Waals surface area (Å²) in [5.74, 6) is 1.67. The fourth-order valence-corrected chi connectivity index (χ4v) is 2.38. The first-order chi connectivity index (χ1) is 8.51. The van der Waals surface area contributed by atoms with Gasteiger partial charge in [0, 0.05) is 13.0 Å². The summed E-state index contributed by atoms with van der Waals surface area (Å²) in [6.45, 7) is 6.35. The normalized spacial score (nSPS) is 17.6. The number of rotatable bonds is 4. The minimum Gasteiger partial charge on any atom is -0.465 e. The standard InChI is InChI=1S/C13H21N3O2/c1-5-18-12(17)13(7-6-8-13)11-14-10(9(2)3)15-16(11)4/h9H,5-8H2,1-4H3. The van der Waals surface area contributed by atoms with Crippen LogP contribution in [0.25, 0.3) is 0 Å². The van der Waals surface area contributed by atoms with Crippen molar-refractivity contribution in [3.8, 4) is 0 Å². The van der Waals surface area contributed by atoms with Gasteiger partial charge in [-0.2, -0.15) is 5.10 Å². The van der Waals surface area contributed by atoms with E-state index in [0.717, 1.165) is 30.9 Å². The zero-order chi connectivity index (χ0) is 13.3. The number of carbonyl (C=O) groups excluding carboxylic acids is 1. The molecule has 0 radical (unpaired) electrons. The molecule has 2 rings (SSSR count). The summed E-state index contributed by atoms with van der Waals surface area (Å²) >= 11 is 0. The summed E-state index contributed by atoms with van der Waals surface area (Å²) in [5, 5.41) is 4.40. The van der Waals surface area contributed by atoms with Gasteiger partial charge in [0.1, 0.15) is 11.2 Å². The van der Waals surface area contributed by atoms with E-state index in [1.54, 1.807) is 4.68 Å². The molecular weight excluding hydrogens is 230 g/mol. The highest BCUT2D eigenvalue weighted by molar-refractivity contribution is 5.83. The van der Waals surface area contributed by atoms with E-state index in [-0.39, 0.29) is 11.9 Å². The fraction of sp³-hybridized carbons (Fsp3) is 0.769. The molecule has 1 aliphatic carbocycles.